The lowest BCUT2D eigenvalue weighted by molar-refractivity contribution is -0.138. The normalized spacial score (nSPS) is 21.7. The van der Waals surface area contributed by atoms with Gasteiger partial charge in [-0.15, -0.1) is 0 Å². The van der Waals surface area contributed by atoms with Crippen LogP contribution in [0.3, 0.4) is 0 Å². The van der Waals surface area contributed by atoms with E-state index in [1.54, 1.807) is 4.90 Å². The van der Waals surface area contributed by atoms with Crippen molar-refractivity contribution in [1.29, 1.82) is 0 Å². The van der Waals surface area contributed by atoms with E-state index in [4.69, 9.17) is 57.8 Å². The molecule has 28 heteroatoms. The molecular weight excluding hydrogens is 1550 g/mol. The average Bonchev–Trinajstić information content (AvgIpc) is 1.49. The fourth-order valence-electron chi connectivity index (χ4n) is 19.0. The standard InChI is InChI=1S/C48H59N7O8.C46H56N6O7/c1-9-26(5)43(53-48(59)61-8)46(57)55-27(6)11-16-39(55)44-49-22-38(51-44)29-12-14-32-30(17-29)24-63-41-21-33-28(18-35(32)41)13-15-36-34(33)20-37(50-36)40-19-31(62-10-2)23-54(40)45(56)42(25(3)4)52-47(58)60-7;1-9-25(3)41(50-44(54)56-8)43(53)52-26(4)11-16-38(52)42-47-22-37(49-42)28-12-14-31-29(17-28)24-58-40-21-32-27(18-34(31)40)13-15-35-33(32)20-36(48-35)39-19-30(57-10-2)23-51(39)45(55)59-46(5,6)7/h12-15,17-18,21-22,25-27,31,39-40,42-43H,9-11,16,19-20,23-24H2,1-8H3,(H,49,51)(H,52,58)(H,53,59);12-15,17-18,21-22,25-26,30,38-39,41H,9-11,16,19-20,23-24H2,1-8H3,(H,47,49)(H,50,54)/t26-,27-,31-,39-,40-,42-,43-;25-,26-,30-,38-,39-,41-/m00/s1. The number of carbonyl (C=O) groups is 7. The van der Waals surface area contributed by atoms with Gasteiger partial charge in [0.25, 0.3) is 0 Å². The molecule has 2 aromatic heterocycles. The zero-order valence-corrected chi connectivity index (χ0v) is 72.8. The second-order valence-electron chi connectivity index (χ2n) is 35.0. The third kappa shape index (κ3) is 17.0. The molecule has 16 rings (SSSR count). The fraction of sp³-hybridized carbons (Fsp3) is 0.500. The largest absolute Gasteiger partial charge is 0.488 e. The molecule has 28 nitrogen and oxygen atoms in total. The van der Waals surface area contributed by atoms with E-state index in [1.807, 2.05) is 117 Å². The molecule has 7 amide bonds. The van der Waals surface area contributed by atoms with Crippen LogP contribution in [0, 0.1) is 17.8 Å². The molecule has 5 N–H and O–H groups in total. The number of aromatic nitrogens is 4. The summed E-state index contributed by atoms with van der Waals surface area (Å²) in [5.41, 5.74) is 15.3. The number of carbonyl (C=O) groups excluding carboxylic acids is 7. The molecule has 0 radical (unpaired) electrons. The molecule has 0 aliphatic carbocycles. The predicted molar refractivity (Wildman–Crippen MR) is 465 cm³/mol. The van der Waals surface area contributed by atoms with E-state index in [0.717, 1.165) is 167 Å². The summed E-state index contributed by atoms with van der Waals surface area (Å²) in [7, 11) is 3.90. The van der Waals surface area contributed by atoms with Crippen molar-refractivity contribution in [2.24, 2.45) is 27.7 Å². The Morgan fingerprint density at radius 3 is 1.35 bits per heavy atom. The van der Waals surface area contributed by atoms with E-state index in [2.05, 4.69) is 111 Å². The summed E-state index contributed by atoms with van der Waals surface area (Å²) in [5, 5.41) is 12.6. The Morgan fingerprint density at radius 2 is 0.943 bits per heavy atom. The van der Waals surface area contributed by atoms with Crippen molar-refractivity contribution < 1.29 is 71.5 Å². The molecule has 10 heterocycles. The second kappa shape index (κ2) is 35.6. The van der Waals surface area contributed by atoms with Crippen molar-refractivity contribution >= 4 is 86.4 Å². The number of nitrogens with one attached hydrogen (secondary N) is 5. The van der Waals surface area contributed by atoms with Crippen molar-refractivity contribution in [2.75, 3.05) is 47.6 Å². The maximum atomic E-state index is 14.1. The Kier molecular flexibility index (Phi) is 25.0. The van der Waals surface area contributed by atoms with Crippen LogP contribution in [-0.2, 0) is 68.9 Å². The van der Waals surface area contributed by atoms with Gasteiger partial charge >= 0.3 is 24.4 Å². The number of ether oxygens (including phenoxy) is 8. The molecule has 0 bridgehead atoms. The Balaban J connectivity index is 0.000000190. The van der Waals surface area contributed by atoms with Crippen molar-refractivity contribution in [3.05, 3.63) is 131 Å². The number of nitrogens with zero attached hydrogens (tertiary/aromatic N) is 8. The number of methoxy groups -OCH3 is 3. The highest BCUT2D eigenvalue weighted by molar-refractivity contribution is 6.08. The minimum Gasteiger partial charge on any atom is -0.488 e. The molecule has 0 saturated carbocycles. The van der Waals surface area contributed by atoms with Crippen LogP contribution in [0.25, 0.3) is 66.3 Å². The second-order valence-corrected chi connectivity index (χ2v) is 35.0. The molecule has 0 unspecified atom stereocenters. The first-order valence-corrected chi connectivity index (χ1v) is 43.3. The van der Waals surface area contributed by atoms with Crippen LogP contribution in [0.2, 0.25) is 0 Å². The van der Waals surface area contributed by atoms with E-state index < -0.39 is 42.0 Å². The van der Waals surface area contributed by atoms with E-state index in [1.165, 1.54) is 21.3 Å². The third-order valence-electron chi connectivity index (χ3n) is 25.8. The summed E-state index contributed by atoms with van der Waals surface area (Å²) < 4.78 is 45.3. The lowest BCUT2D eigenvalue weighted by atomic mass is 9.90. The van der Waals surface area contributed by atoms with Crippen LogP contribution in [0.5, 0.6) is 11.5 Å². The number of hydrogen-bond acceptors (Lipinski definition) is 19. The molecule has 122 heavy (non-hydrogen) atoms. The molecule has 13 atom stereocenters. The van der Waals surface area contributed by atoms with Gasteiger partial charge < -0.3 is 78.5 Å². The zero-order chi connectivity index (χ0) is 86.4. The number of aromatic amines is 2. The SMILES string of the molecule is CCO[C@H]1C[C@@H](C2=Nc3ccc4cc5c(cc4c3C2)OCc2cc(-c3cnc([C@@H]4CC[C@H](C)N4C(=O)[C@@H](NC(=O)OC)[C@@H](C)CC)[nH]3)ccc2-5)N(C(=O)OC(C)(C)C)C1.CCO[C@H]1C[C@@H](C2=Nc3ccc4cc5c(cc4c3C2)OCc2cc(-c3cnc([C@@H]4CC[C@H](C)N4C(=O)[C@@H](NC(=O)OC)[C@@H](C)CC)[nH]3)ccc2-5)N(C(=O)[C@@H](NC(=O)OC)C(C)C)C1. The van der Waals surface area contributed by atoms with Crippen LogP contribution < -0.4 is 25.4 Å². The summed E-state index contributed by atoms with van der Waals surface area (Å²) in [6.45, 7) is 28.2. The van der Waals surface area contributed by atoms with Gasteiger partial charge in [0.05, 0.1) is 99.4 Å². The van der Waals surface area contributed by atoms with Gasteiger partial charge in [-0.25, -0.2) is 29.1 Å². The van der Waals surface area contributed by atoms with Crippen LogP contribution in [0.4, 0.5) is 30.6 Å². The number of imidazole rings is 2. The van der Waals surface area contributed by atoms with Gasteiger partial charge in [0, 0.05) is 80.1 Å². The average molecular weight is 1670 g/mol. The molecule has 8 aromatic rings. The molecule has 0 spiro atoms. The zero-order valence-electron chi connectivity index (χ0n) is 72.8. The Labute approximate surface area is 712 Å². The number of alkyl carbamates (subject to hydrolysis) is 3. The van der Waals surface area contributed by atoms with Gasteiger partial charge in [-0.1, -0.05) is 90.8 Å². The van der Waals surface area contributed by atoms with Crippen LogP contribution in [0.15, 0.2) is 107 Å². The summed E-state index contributed by atoms with van der Waals surface area (Å²) in [5.74, 6) is 2.34. The maximum absolute atomic E-state index is 14.1. The Hall–Kier alpha value is -11.4. The number of benzene rings is 6. The van der Waals surface area contributed by atoms with Gasteiger partial charge in [0.15, 0.2) is 0 Å². The molecule has 6 aromatic carbocycles. The first-order chi connectivity index (χ1) is 58.6. The van der Waals surface area contributed by atoms with Gasteiger partial charge in [0.1, 0.15) is 60.1 Å². The highest BCUT2D eigenvalue weighted by Gasteiger charge is 2.48. The first-order valence-electron chi connectivity index (χ1n) is 43.3. The summed E-state index contributed by atoms with van der Waals surface area (Å²) >= 11 is 0. The molecule has 4 fully saturated rings. The smallest absolute Gasteiger partial charge is 0.410 e. The highest BCUT2D eigenvalue weighted by Crippen LogP contribution is 2.49. The van der Waals surface area contributed by atoms with Crippen molar-refractivity contribution in [3.63, 3.8) is 0 Å². The van der Waals surface area contributed by atoms with E-state index in [-0.39, 0.29) is 90.0 Å². The first kappa shape index (κ1) is 85.6. The third-order valence-corrected chi connectivity index (χ3v) is 25.8. The van der Waals surface area contributed by atoms with E-state index in [0.29, 0.717) is 71.0 Å². The van der Waals surface area contributed by atoms with Crippen LogP contribution >= 0.6 is 0 Å². The molecule has 8 aliphatic heterocycles. The minimum absolute atomic E-state index is 0.00467. The van der Waals surface area contributed by atoms with Gasteiger partial charge in [-0.3, -0.25) is 29.3 Å². The van der Waals surface area contributed by atoms with Crippen molar-refractivity contribution in [2.45, 2.75) is 240 Å². The summed E-state index contributed by atoms with van der Waals surface area (Å²) in [4.78, 5) is 126. The Bertz CT molecular complexity index is 5410. The van der Waals surface area contributed by atoms with Gasteiger partial charge in [0.2, 0.25) is 17.7 Å². The lowest BCUT2D eigenvalue weighted by Crippen LogP contribution is -2.54. The number of fused-ring (bicyclic) bond motifs is 12. The highest BCUT2D eigenvalue weighted by atomic mass is 16.6. The Morgan fingerprint density at radius 1 is 0.516 bits per heavy atom. The van der Waals surface area contributed by atoms with E-state index in [9.17, 15) is 33.6 Å². The number of hydrogen-bond donors (Lipinski definition) is 5. The van der Waals surface area contributed by atoms with E-state index >= 15 is 0 Å². The van der Waals surface area contributed by atoms with Crippen LogP contribution in [-0.4, -0.2) is 201 Å². The predicted octanol–water partition coefficient (Wildman–Crippen LogP) is 16.3. The number of amides is 7. The topological polar surface area (TPSA) is 324 Å². The lowest BCUT2D eigenvalue weighted by Gasteiger charge is -2.33. The maximum Gasteiger partial charge on any atom is 0.410 e. The monoisotopic (exact) mass is 1670 g/mol. The number of aliphatic imine (C=N–C) groups is 2. The molecular formula is C94H115N13O15. The number of rotatable bonds is 21. The van der Waals surface area contributed by atoms with Gasteiger partial charge in [-0.2, -0.15) is 0 Å². The fourth-order valence-corrected chi connectivity index (χ4v) is 19.0. The molecule has 8 aliphatic rings. The van der Waals surface area contributed by atoms with Crippen molar-refractivity contribution in [3.8, 4) is 56.3 Å². The van der Waals surface area contributed by atoms with Gasteiger partial charge in [-0.05, 0) is 206 Å². The van der Waals surface area contributed by atoms with Crippen molar-refractivity contribution in [1.82, 2.24) is 55.5 Å². The number of H-pyrrole nitrogens is 2. The number of likely N-dealkylation sites (tertiary alicyclic amines) is 4. The summed E-state index contributed by atoms with van der Waals surface area (Å²) in [6.07, 6.45) is 8.38. The molecule has 646 valence electrons. The minimum atomic E-state index is -0.749. The molecule has 4 saturated heterocycles. The summed E-state index contributed by atoms with van der Waals surface area (Å²) in [6, 6.07) is 26.6. The van der Waals surface area contributed by atoms with Crippen LogP contribution in [0.1, 0.15) is 187 Å². The quantitative estimate of drug-likeness (QED) is 0.0417.